The first-order valence-electron chi connectivity index (χ1n) is 4.82. The first kappa shape index (κ1) is 12.4. The minimum Gasteiger partial charge on any atom is -0.435 e. The average Bonchev–Trinajstić information content (AvgIpc) is 2.33. The predicted octanol–water partition coefficient (Wildman–Crippen LogP) is 1.62. The van der Waals surface area contributed by atoms with Crippen molar-refractivity contribution in [2.24, 2.45) is 0 Å². The molecular weight excluding hydrogens is 347 g/mol. The fourth-order valence-electron chi connectivity index (χ4n) is 1.30. The summed E-state index contributed by atoms with van der Waals surface area (Å²) < 4.78 is 6.12. The van der Waals surface area contributed by atoms with Crippen LogP contribution in [0.5, 0.6) is 11.6 Å². The highest BCUT2D eigenvalue weighted by molar-refractivity contribution is 14.1. The Kier molecular flexibility index (Phi) is 3.47. The number of H-pyrrole nitrogens is 1. The Morgan fingerprint density at radius 1 is 1.44 bits per heavy atom. The second-order valence-corrected chi connectivity index (χ2v) is 4.50. The molecule has 0 aliphatic heterocycles. The summed E-state index contributed by atoms with van der Waals surface area (Å²) in [5.74, 6) is 0.528. The van der Waals surface area contributed by atoms with Gasteiger partial charge in [0.25, 0.3) is 5.56 Å². The highest BCUT2D eigenvalue weighted by Crippen LogP contribution is 2.32. The van der Waals surface area contributed by atoms with E-state index in [1.807, 2.05) is 28.7 Å². The van der Waals surface area contributed by atoms with E-state index in [9.17, 15) is 4.79 Å². The lowest BCUT2D eigenvalue weighted by Crippen LogP contribution is -2.05. The molecule has 0 unspecified atom stereocenters. The molecule has 6 nitrogen and oxygen atoms in total. The fourth-order valence-corrected chi connectivity index (χ4v) is 2.05. The maximum atomic E-state index is 11.1. The summed E-state index contributed by atoms with van der Waals surface area (Å²) >= 11 is 2.00. The highest BCUT2D eigenvalue weighted by atomic mass is 127. The molecule has 0 spiro atoms. The molecule has 0 fully saturated rings. The van der Waals surface area contributed by atoms with E-state index in [0.717, 1.165) is 0 Å². The summed E-state index contributed by atoms with van der Waals surface area (Å²) in [7, 11) is 0. The largest absolute Gasteiger partial charge is 0.435 e. The number of rotatable bonds is 2. The number of ether oxygens (including phenoxy) is 1. The van der Waals surface area contributed by atoms with Crippen LogP contribution >= 0.6 is 22.6 Å². The van der Waals surface area contributed by atoms with Gasteiger partial charge >= 0.3 is 0 Å². The molecular formula is C11H7IN4O2. The number of nitriles is 1. The van der Waals surface area contributed by atoms with E-state index in [-0.39, 0.29) is 11.4 Å². The number of nitrogens with two attached hydrogens (primary N) is 1. The van der Waals surface area contributed by atoms with Crippen molar-refractivity contribution in [2.45, 2.75) is 0 Å². The topological polar surface area (TPSA) is 105 Å². The summed E-state index contributed by atoms with van der Waals surface area (Å²) in [4.78, 5) is 17.3. The van der Waals surface area contributed by atoms with Crippen LogP contribution in [0, 0.1) is 14.9 Å². The summed E-state index contributed by atoms with van der Waals surface area (Å²) in [6, 6.07) is 6.36. The molecule has 0 amide bonds. The minimum atomic E-state index is -0.317. The van der Waals surface area contributed by atoms with Crippen LogP contribution < -0.4 is 16.0 Å². The standard InChI is InChI=1S/C11H7IN4O2/c12-7-1-6(4-13)2-8(14)11(7)18-10-3-9(17)15-5-16-10/h1-3,5H,14H2,(H,15,16,17). The van der Waals surface area contributed by atoms with Crippen LogP contribution in [0.25, 0.3) is 0 Å². The predicted molar refractivity (Wildman–Crippen MR) is 73.2 cm³/mol. The SMILES string of the molecule is N#Cc1cc(N)c(Oc2cc(=O)[nH]cn2)c(I)c1. The number of aromatic amines is 1. The number of aromatic nitrogens is 2. The number of hydrogen-bond donors (Lipinski definition) is 2. The Balaban J connectivity index is 2.41. The lowest BCUT2D eigenvalue weighted by molar-refractivity contribution is 0.459. The second kappa shape index (κ2) is 5.05. The van der Waals surface area contributed by atoms with Crippen LogP contribution in [0.4, 0.5) is 5.69 Å². The maximum absolute atomic E-state index is 11.1. The Morgan fingerprint density at radius 2 is 2.22 bits per heavy atom. The van der Waals surface area contributed by atoms with E-state index in [1.54, 1.807) is 6.07 Å². The molecule has 0 radical (unpaired) electrons. The van der Waals surface area contributed by atoms with E-state index in [1.165, 1.54) is 18.5 Å². The summed E-state index contributed by atoms with van der Waals surface area (Å²) in [6.07, 6.45) is 1.24. The summed E-state index contributed by atoms with van der Waals surface area (Å²) in [5, 5.41) is 8.80. The van der Waals surface area contributed by atoms with Crippen molar-refractivity contribution in [3.8, 4) is 17.7 Å². The lowest BCUT2D eigenvalue weighted by atomic mass is 10.2. The second-order valence-electron chi connectivity index (χ2n) is 3.34. The van der Waals surface area contributed by atoms with Gasteiger partial charge in [0, 0.05) is 0 Å². The molecule has 18 heavy (non-hydrogen) atoms. The lowest BCUT2D eigenvalue weighted by Gasteiger charge is -2.09. The molecule has 3 N–H and O–H groups in total. The molecule has 7 heteroatoms. The molecule has 0 aliphatic carbocycles. The number of nitrogens with one attached hydrogen (secondary N) is 1. The maximum Gasteiger partial charge on any atom is 0.254 e. The number of benzene rings is 1. The van der Waals surface area contributed by atoms with Crippen LogP contribution in [0.15, 0.2) is 29.3 Å². The van der Waals surface area contributed by atoms with Crippen molar-refractivity contribution in [3.63, 3.8) is 0 Å². The van der Waals surface area contributed by atoms with Gasteiger partial charge in [-0.1, -0.05) is 0 Å². The Bertz CT molecular complexity index is 667. The Labute approximate surface area is 116 Å². The number of halogens is 1. The third-order valence-electron chi connectivity index (χ3n) is 2.06. The molecule has 90 valence electrons. The summed E-state index contributed by atoms with van der Waals surface area (Å²) in [6.45, 7) is 0. The van der Waals surface area contributed by atoms with Gasteiger partial charge in [-0.05, 0) is 34.7 Å². The van der Waals surface area contributed by atoms with Crippen LogP contribution in [-0.2, 0) is 0 Å². The van der Waals surface area contributed by atoms with Crippen molar-refractivity contribution in [1.82, 2.24) is 9.97 Å². The molecule has 0 bridgehead atoms. The molecule has 0 saturated carbocycles. The molecule has 1 aromatic heterocycles. The smallest absolute Gasteiger partial charge is 0.254 e. The van der Waals surface area contributed by atoms with Crippen LogP contribution in [0.1, 0.15) is 5.56 Å². The van der Waals surface area contributed by atoms with Gasteiger partial charge in [0.2, 0.25) is 5.88 Å². The van der Waals surface area contributed by atoms with E-state index in [0.29, 0.717) is 20.6 Å². The van der Waals surface area contributed by atoms with E-state index in [4.69, 9.17) is 15.7 Å². The van der Waals surface area contributed by atoms with Crippen molar-refractivity contribution in [2.75, 3.05) is 5.73 Å². The van der Waals surface area contributed by atoms with Crippen LogP contribution in [-0.4, -0.2) is 9.97 Å². The normalized spacial score (nSPS) is 9.78. The summed E-state index contributed by atoms with van der Waals surface area (Å²) in [5.41, 5.74) is 6.24. The number of nitrogens with zero attached hydrogens (tertiary/aromatic N) is 2. The van der Waals surface area contributed by atoms with Crippen molar-refractivity contribution < 1.29 is 4.74 Å². The quantitative estimate of drug-likeness (QED) is 0.630. The zero-order chi connectivity index (χ0) is 13.1. The third kappa shape index (κ3) is 2.60. The van der Waals surface area contributed by atoms with Gasteiger partial charge in [-0.25, -0.2) is 4.98 Å². The van der Waals surface area contributed by atoms with E-state index in [2.05, 4.69) is 9.97 Å². The van der Waals surface area contributed by atoms with Gasteiger partial charge in [0.1, 0.15) is 0 Å². The van der Waals surface area contributed by atoms with Gasteiger partial charge in [-0.3, -0.25) is 4.79 Å². The monoisotopic (exact) mass is 354 g/mol. The van der Waals surface area contributed by atoms with Crippen molar-refractivity contribution in [1.29, 1.82) is 5.26 Å². The molecule has 0 saturated heterocycles. The van der Waals surface area contributed by atoms with Crippen molar-refractivity contribution >= 4 is 28.3 Å². The van der Waals surface area contributed by atoms with Crippen molar-refractivity contribution in [3.05, 3.63) is 44.0 Å². The minimum absolute atomic E-state index is 0.146. The van der Waals surface area contributed by atoms with Gasteiger partial charge in [0.05, 0.1) is 33.3 Å². The molecule has 0 aliphatic rings. The van der Waals surface area contributed by atoms with E-state index < -0.39 is 0 Å². The van der Waals surface area contributed by atoms with Crippen LogP contribution in [0.2, 0.25) is 0 Å². The zero-order valence-corrected chi connectivity index (χ0v) is 11.1. The molecule has 1 heterocycles. The third-order valence-corrected chi connectivity index (χ3v) is 2.86. The zero-order valence-electron chi connectivity index (χ0n) is 8.98. The highest BCUT2D eigenvalue weighted by Gasteiger charge is 2.10. The van der Waals surface area contributed by atoms with Gasteiger partial charge in [-0.15, -0.1) is 0 Å². The number of anilines is 1. The Morgan fingerprint density at radius 3 is 2.83 bits per heavy atom. The Hall–Kier alpha value is -2.08. The average molecular weight is 354 g/mol. The number of hydrogen-bond acceptors (Lipinski definition) is 5. The van der Waals surface area contributed by atoms with Gasteiger partial charge < -0.3 is 15.5 Å². The first-order valence-corrected chi connectivity index (χ1v) is 5.89. The van der Waals surface area contributed by atoms with Crippen LogP contribution in [0.3, 0.4) is 0 Å². The molecule has 1 aromatic carbocycles. The number of nitrogen functional groups attached to an aromatic ring is 1. The van der Waals surface area contributed by atoms with Gasteiger partial charge in [-0.2, -0.15) is 5.26 Å². The fraction of sp³-hybridized carbons (Fsp3) is 0. The molecule has 0 atom stereocenters. The van der Waals surface area contributed by atoms with E-state index >= 15 is 0 Å². The molecule has 2 rings (SSSR count). The molecule has 2 aromatic rings. The van der Waals surface area contributed by atoms with Gasteiger partial charge in [0.15, 0.2) is 5.75 Å². The first-order chi connectivity index (χ1) is 8.60.